The van der Waals surface area contributed by atoms with Gasteiger partial charge >= 0.3 is 0 Å². The largest absolute Gasteiger partial charge is 0.441 e. The molecule has 1 aliphatic rings. The summed E-state index contributed by atoms with van der Waals surface area (Å²) in [6.07, 6.45) is 2.23. The van der Waals surface area contributed by atoms with Crippen LogP contribution in [0.4, 0.5) is 4.39 Å². The first kappa shape index (κ1) is 15.6. The third-order valence-electron chi connectivity index (χ3n) is 4.44. The van der Waals surface area contributed by atoms with Crippen molar-refractivity contribution in [3.63, 3.8) is 0 Å². The van der Waals surface area contributed by atoms with Gasteiger partial charge in [-0.3, -0.25) is 4.79 Å². The van der Waals surface area contributed by atoms with Gasteiger partial charge in [0.2, 0.25) is 5.91 Å². The summed E-state index contributed by atoms with van der Waals surface area (Å²) in [7, 11) is 0. The summed E-state index contributed by atoms with van der Waals surface area (Å²) in [5.74, 6) is 0.551. The first-order valence-corrected chi connectivity index (χ1v) is 8.25. The zero-order valence-corrected chi connectivity index (χ0v) is 13.6. The van der Waals surface area contributed by atoms with Gasteiger partial charge in [-0.15, -0.1) is 0 Å². The molecule has 0 fully saturated rings. The van der Waals surface area contributed by atoms with E-state index in [1.54, 1.807) is 18.2 Å². The molecule has 5 heteroatoms. The average molecular weight is 336 g/mol. The standard InChI is InChI=1S/C20H17FN2O2/c21-17-8-4-3-7-16(17)18-11-22-19(25-18)9-10-20(24)23-12-14-5-1-2-6-15(14)13-23/h1-8,11H,9-10,12-13H2. The number of hydrogen-bond acceptors (Lipinski definition) is 3. The van der Waals surface area contributed by atoms with Gasteiger partial charge in [0, 0.05) is 25.9 Å². The summed E-state index contributed by atoms with van der Waals surface area (Å²) in [6.45, 7) is 1.31. The maximum atomic E-state index is 13.8. The third kappa shape index (κ3) is 3.18. The zero-order valence-electron chi connectivity index (χ0n) is 13.6. The number of fused-ring (bicyclic) bond motifs is 1. The van der Waals surface area contributed by atoms with Crippen molar-refractivity contribution in [2.45, 2.75) is 25.9 Å². The molecule has 1 aliphatic heterocycles. The van der Waals surface area contributed by atoms with E-state index in [0.29, 0.717) is 43.1 Å². The molecule has 0 radical (unpaired) electrons. The normalized spacial score (nSPS) is 13.1. The Morgan fingerprint density at radius 1 is 1.08 bits per heavy atom. The van der Waals surface area contributed by atoms with E-state index in [0.717, 1.165) is 0 Å². The first-order chi connectivity index (χ1) is 12.2. The van der Waals surface area contributed by atoms with Crippen molar-refractivity contribution in [1.82, 2.24) is 9.88 Å². The summed E-state index contributed by atoms with van der Waals surface area (Å²) in [6, 6.07) is 14.5. The minimum absolute atomic E-state index is 0.0711. The number of carbonyl (C=O) groups excluding carboxylic acids is 1. The van der Waals surface area contributed by atoms with Crippen LogP contribution < -0.4 is 0 Å². The quantitative estimate of drug-likeness (QED) is 0.724. The van der Waals surface area contributed by atoms with Crippen molar-refractivity contribution in [1.29, 1.82) is 0 Å². The van der Waals surface area contributed by atoms with Crippen molar-refractivity contribution < 1.29 is 13.6 Å². The molecule has 0 saturated carbocycles. The van der Waals surface area contributed by atoms with Gasteiger partial charge in [0.1, 0.15) is 5.82 Å². The summed E-state index contributed by atoms with van der Waals surface area (Å²) < 4.78 is 19.4. The van der Waals surface area contributed by atoms with E-state index in [2.05, 4.69) is 17.1 Å². The Labute approximate surface area is 144 Å². The molecule has 0 spiro atoms. The number of amides is 1. The fourth-order valence-electron chi connectivity index (χ4n) is 3.09. The van der Waals surface area contributed by atoms with Gasteiger partial charge in [0.05, 0.1) is 11.8 Å². The Hall–Kier alpha value is -2.95. The van der Waals surface area contributed by atoms with E-state index < -0.39 is 0 Å². The van der Waals surface area contributed by atoms with Crippen LogP contribution >= 0.6 is 0 Å². The summed E-state index contributed by atoms with van der Waals surface area (Å²) >= 11 is 0. The highest BCUT2D eigenvalue weighted by Crippen LogP contribution is 2.25. The molecule has 2 aromatic carbocycles. The fraction of sp³-hybridized carbons (Fsp3) is 0.200. The monoisotopic (exact) mass is 336 g/mol. The lowest BCUT2D eigenvalue weighted by Gasteiger charge is -2.14. The molecule has 2 heterocycles. The number of rotatable bonds is 4. The van der Waals surface area contributed by atoms with Gasteiger partial charge in [-0.25, -0.2) is 9.37 Å². The van der Waals surface area contributed by atoms with E-state index in [4.69, 9.17) is 4.42 Å². The average Bonchev–Trinajstić information content (AvgIpc) is 3.27. The van der Waals surface area contributed by atoms with E-state index in [-0.39, 0.29) is 11.7 Å². The highest BCUT2D eigenvalue weighted by molar-refractivity contribution is 5.77. The van der Waals surface area contributed by atoms with Gasteiger partial charge < -0.3 is 9.32 Å². The highest BCUT2D eigenvalue weighted by Gasteiger charge is 2.23. The van der Waals surface area contributed by atoms with Crippen molar-refractivity contribution >= 4 is 5.91 Å². The van der Waals surface area contributed by atoms with Crippen LogP contribution in [0.1, 0.15) is 23.4 Å². The Kier molecular flexibility index (Phi) is 4.06. The summed E-state index contributed by atoms with van der Waals surface area (Å²) in [5, 5.41) is 0. The lowest BCUT2D eigenvalue weighted by molar-refractivity contribution is -0.131. The predicted octanol–water partition coefficient (Wildman–Crippen LogP) is 3.96. The minimum Gasteiger partial charge on any atom is -0.441 e. The molecule has 126 valence electrons. The van der Waals surface area contributed by atoms with E-state index in [9.17, 15) is 9.18 Å². The number of aryl methyl sites for hydroxylation is 1. The molecule has 4 nitrogen and oxygen atoms in total. The van der Waals surface area contributed by atoms with Crippen molar-refractivity contribution in [2.24, 2.45) is 0 Å². The van der Waals surface area contributed by atoms with Crippen molar-refractivity contribution in [3.8, 4) is 11.3 Å². The van der Waals surface area contributed by atoms with E-state index in [1.807, 2.05) is 17.0 Å². The molecule has 0 N–H and O–H groups in total. The van der Waals surface area contributed by atoms with Crippen LogP contribution in [0, 0.1) is 5.82 Å². The molecular formula is C20H17FN2O2. The second kappa shape index (κ2) is 6.51. The van der Waals surface area contributed by atoms with Crippen LogP contribution in [0.3, 0.4) is 0 Å². The molecule has 0 bridgehead atoms. The SMILES string of the molecule is O=C(CCc1ncc(-c2ccccc2F)o1)N1Cc2ccccc2C1. The van der Waals surface area contributed by atoms with Gasteiger partial charge in [0.15, 0.2) is 11.7 Å². The Morgan fingerprint density at radius 3 is 2.48 bits per heavy atom. The third-order valence-corrected chi connectivity index (χ3v) is 4.44. The molecule has 1 amide bonds. The van der Waals surface area contributed by atoms with Gasteiger partial charge in [0.25, 0.3) is 0 Å². The number of benzene rings is 2. The second-order valence-electron chi connectivity index (χ2n) is 6.12. The highest BCUT2D eigenvalue weighted by atomic mass is 19.1. The molecule has 0 saturated heterocycles. The summed E-state index contributed by atoms with van der Waals surface area (Å²) in [5.41, 5.74) is 2.78. The molecule has 1 aromatic heterocycles. The molecule has 0 atom stereocenters. The maximum Gasteiger partial charge on any atom is 0.223 e. The Bertz CT molecular complexity index is 894. The maximum absolute atomic E-state index is 13.8. The predicted molar refractivity (Wildman–Crippen MR) is 90.9 cm³/mol. The number of carbonyl (C=O) groups is 1. The number of hydrogen-bond donors (Lipinski definition) is 0. The topological polar surface area (TPSA) is 46.3 Å². The van der Waals surface area contributed by atoms with Crippen LogP contribution in [0.2, 0.25) is 0 Å². The van der Waals surface area contributed by atoms with Crippen LogP contribution in [-0.2, 0) is 24.3 Å². The lowest BCUT2D eigenvalue weighted by Crippen LogP contribution is -2.25. The molecule has 4 rings (SSSR count). The van der Waals surface area contributed by atoms with Crippen LogP contribution in [-0.4, -0.2) is 15.8 Å². The van der Waals surface area contributed by atoms with Crippen molar-refractivity contribution in [3.05, 3.63) is 77.6 Å². The van der Waals surface area contributed by atoms with Crippen molar-refractivity contribution in [2.75, 3.05) is 0 Å². The van der Waals surface area contributed by atoms with Crippen LogP contribution in [0.15, 0.2) is 59.1 Å². The fourth-order valence-corrected chi connectivity index (χ4v) is 3.09. The molecular weight excluding hydrogens is 319 g/mol. The van der Waals surface area contributed by atoms with E-state index >= 15 is 0 Å². The molecule has 25 heavy (non-hydrogen) atoms. The number of aromatic nitrogens is 1. The molecule has 0 unspecified atom stereocenters. The number of oxazole rings is 1. The number of halogens is 1. The zero-order chi connectivity index (χ0) is 17.2. The van der Waals surface area contributed by atoms with Gasteiger partial charge in [-0.1, -0.05) is 36.4 Å². The smallest absolute Gasteiger partial charge is 0.223 e. The van der Waals surface area contributed by atoms with Gasteiger partial charge in [-0.05, 0) is 23.3 Å². The summed E-state index contributed by atoms with van der Waals surface area (Å²) in [4.78, 5) is 18.4. The first-order valence-electron chi connectivity index (χ1n) is 8.25. The molecule has 3 aromatic rings. The lowest BCUT2D eigenvalue weighted by atomic mass is 10.1. The Morgan fingerprint density at radius 2 is 1.76 bits per heavy atom. The molecule has 0 aliphatic carbocycles. The Balaban J connectivity index is 1.38. The number of nitrogens with zero attached hydrogens (tertiary/aromatic N) is 2. The minimum atomic E-state index is -0.351. The van der Waals surface area contributed by atoms with E-state index in [1.165, 1.54) is 23.4 Å². The van der Waals surface area contributed by atoms with Gasteiger partial charge in [-0.2, -0.15) is 0 Å². The second-order valence-corrected chi connectivity index (χ2v) is 6.12. The van der Waals surface area contributed by atoms with Crippen LogP contribution in [0.5, 0.6) is 0 Å². The van der Waals surface area contributed by atoms with Crippen LogP contribution in [0.25, 0.3) is 11.3 Å².